The molecule has 0 aliphatic heterocycles. The molecule has 2 rings (SSSR count). The summed E-state index contributed by atoms with van der Waals surface area (Å²) in [5.74, 6) is 0. The second-order valence-corrected chi connectivity index (χ2v) is 8.46. The van der Waals surface area contributed by atoms with Gasteiger partial charge >= 0.3 is 14.5 Å². The van der Waals surface area contributed by atoms with Gasteiger partial charge in [0.2, 0.25) is 0 Å². The molecule has 1 heterocycles. The molecule has 208 valence electrons. The quantitative estimate of drug-likeness (QED) is 0.258. The maximum Gasteiger partial charge on any atom is 0.673 e. The first-order chi connectivity index (χ1) is 16.2. The van der Waals surface area contributed by atoms with Crippen LogP contribution in [0.2, 0.25) is 0 Å². The van der Waals surface area contributed by atoms with Crippen molar-refractivity contribution in [2.24, 2.45) is 0 Å². The molecular weight excluding hydrogens is 500 g/mol. The molecule has 0 saturated carbocycles. The molecular formula is C20H35B2F8N5O. The molecule has 16 heteroatoms. The van der Waals surface area contributed by atoms with Gasteiger partial charge in [-0.3, -0.25) is 4.98 Å². The molecule has 0 aliphatic carbocycles. The highest BCUT2D eigenvalue weighted by Gasteiger charge is 2.21. The van der Waals surface area contributed by atoms with E-state index in [1.807, 2.05) is 24.3 Å². The Kier molecular flexibility index (Phi) is 16.8. The lowest BCUT2D eigenvalue weighted by Crippen LogP contribution is -3.09. The SMILES string of the molecule is CN(C)C=C(C[NH+](C)C)C[NH+](C)C.F[B-](F)(F)F.F[B-](F)(F)F.Nc1ccc2cc(CO)cnc2c1. The Morgan fingerprint density at radius 1 is 0.917 bits per heavy atom. The normalized spacial score (nSPS) is 11.0. The van der Waals surface area contributed by atoms with Gasteiger partial charge in [0.05, 0.1) is 45.9 Å². The molecule has 0 fully saturated rings. The van der Waals surface area contributed by atoms with E-state index in [2.05, 4.69) is 58.4 Å². The lowest BCUT2D eigenvalue weighted by molar-refractivity contribution is -0.869. The van der Waals surface area contributed by atoms with E-state index >= 15 is 0 Å². The third kappa shape index (κ3) is 26.0. The first-order valence-corrected chi connectivity index (χ1v) is 10.6. The van der Waals surface area contributed by atoms with Crippen LogP contribution in [-0.4, -0.2) is 84.9 Å². The van der Waals surface area contributed by atoms with Crippen LogP contribution < -0.4 is 15.5 Å². The molecule has 0 radical (unpaired) electrons. The van der Waals surface area contributed by atoms with Crippen molar-refractivity contribution in [2.45, 2.75) is 6.61 Å². The Hall–Kier alpha value is -2.58. The zero-order valence-corrected chi connectivity index (χ0v) is 21.2. The summed E-state index contributed by atoms with van der Waals surface area (Å²) in [6.07, 6.45) is 3.89. The van der Waals surface area contributed by atoms with Crippen LogP contribution in [0, 0.1) is 0 Å². The van der Waals surface area contributed by atoms with Gasteiger partial charge in [-0.25, -0.2) is 0 Å². The van der Waals surface area contributed by atoms with Crippen LogP contribution in [0.3, 0.4) is 0 Å². The Morgan fingerprint density at radius 2 is 1.36 bits per heavy atom. The van der Waals surface area contributed by atoms with Gasteiger partial charge in [-0.15, -0.1) is 0 Å². The summed E-state index contributed by atoms with van der Waals surface area (Å²) in [4.78, 5) is 9.26. The largest absolute Gasteiger partial charge is 0.673 e. The van der Waals surface area contributed by atoms with Gasteiger partial charge in [-0.05, 0) is 23.8 Å². The maximum absolute atomic E-state index is 9.75. The van der Waals surface area contributed by atoms with Gasteiger partial charge in [0, 0.05) is 37.6 Å². The van der Waals surface area contributed by atoms with E-state index in [4.69, 9.17) is 10.8 Å². The summed E-state index contributed by atoms with van der Waals surface area (Å²) >= 11 is 0. The number of nitrogens with zero attached hydrogens (tertiary/aromatic N) is 2. The number of hydrogen-bond donors (Lipinski definition) is 4. The van der Waals surface area contributed by atoms with Crippen molar-refractivity contribution >= 4 is 31.1 Å². The number of nitrogens with two attached hydrogens (primary N) is 1. The van der Waals surface area contributed by atoms with Crippen LogP contribution >= 0.6 is 0 Å². The molecule has 0 spiro atoms. The lowest BCUT2D eigenvalue weighted by atomic mass is 10.1. The topological polar surface area (TPSA) is 71.3 Å². The molecule has 2 aromatic rings. The van der Waals surface area contributed by atoms with Crippen molar-refractivity contribution in [3.63, 3.8) is 0 Å². The molecule has 1 aromatic carbocycles. The van der Waals surface area contributed by atoms with Crippen LogP contribution in [0.4, 0.5) is 40.2 Å². The van der Waals surface area contributed by atoms with Crippen molar-refractivity contribution in [2.75, 3.05) is 61.1 Å². The highest BCUT2D eigenvalue weighted by molar-refractivity contribution is 6.50. The number of likely N-dealkylation sites (N-methyl/N-ethyl adjacent to an activating group) is 2. The first-order valence-electron chi connectivity index (χ1n) is 10.6. The van der Waals surface area contributed by atoms with Crippen LogP contribution in [0.15, 0.2) is 42.2 Å². The van der Waals surface area contributed by atoms with E-state index in [1.165, 1.54) is 15.4 Å². The van der Waals surface area contributed by atoms with Crippen LogP contribution in [-0.2, 0) is 6.61 Å². The van der Waals surface area contributed by atoms with Crippen LogP contribution in [0.25, 0.3) is 10.9 Å². The van der Waals surface area contributed by atoms with Crippen LogP contribution in [0.5, 0.6) is 0 Å². The predicted octanol–water partition coefficient (Wildman–Crippen LogP) is 1.63. The number of aromatic nitrogens is 1. The van der Waals surface area contributed by atoms with Gasteiger partial charge in [-0.1, -0.05) is 6.07 Å². The van der Waals surface area contributed by atoms with E-state index < -0.39 is 14.5 Å². The van der Waals surface area contributed by atoms with E-state index in [0.717, 1.165) is 29.6 Å². The minimum atomic E-state index is -6.00. The van der Waals surface area contributed by atoms with Crippen molar-refractivity contribution in [1.29, 1.82) is 0 Å². The van der Waals surface area contributed by atoms with Crippen molar-refractivity contribution in [3.05, 3.63) is 47.8 Å². The molecule has 0 amide bonds. The Morgan fingerprint density at radius 3 is 1.72 bits per heavy atom. The van der Waals surface area contributed by atoms with E-state index in [-0.39, 0.29) is 6.61 Å². The second kappa shape index (κ2) is 17.0. The number of benzene rings is 1. The molecule has 0 atom stereocenters. The maximum atomic E-state index is 9.75. The summed E-state index contributed by atoms with van der Waals surface area (Å²) in [6.45, 7) is 2.28. The van der Waals surface area contributed by atoms with E-state index in [1.54, 1.807) is 6.20 Å². The average molecular weight is 535 g/mol. The number of pyridine rings is 1. The van der Waals surface area contributed by atoms with E-state index in [0.29, 0.717) is 5.69 Å². The number of fused-ring (bicyclic) bond motifs is 1. The molecule has 0 bridgehead atoms. The highest BCUT2D eigenvalue weighted by atomic mass is 19.5. The van der Waals surface area contributed by atoms with Crippen LogP contribution in [0.1, 0.15) is 5.56 Å². The van der Waals surface area contributed by atoms with Gasteiger partial charge in [0.1, 0.15) is 13.1 Å². The number of halogens is 8. The fraction of sp³-hybridized carbons (Fsp3) is 0.450. The number of aliphatic hydroxyl groups is 1. The molecule has 0 unspecified atom stereocenters. The number of aliphatic hydroxyl groups excluding tert-OH is 1. The molecule has 0 aliphatic rings. The molecule has 5 N–H and O–H groups in total. The number of hydrogen-bond acceptors (Lipinski definition) is 4. The Labute approximate surface area is 206 Å². The minimum absolute atomic E-state index is 0.0211. The second-order valence-electron chi connectivity index (χ2n) is 8.46. The van der Waals surface area contributed by atoms with Gasteiger partial charge < -0.3 is 60.1 Å². The third-order valence-corrected chi connectivity index (χ3v) is 3.55. The zero-order valence-electron chi connectivity index (χ0n) is 21.2. The number of rotatable bonds is 6. The van der Waals surface area contributed by atoms with Crippen molar-refractivity contribution in [1.82, 2.24) is 9.88 Å². The smallest absolute Gasteiger partial charge is 0.418 e. The monoisotopic (exact) mass is 535 g/mol. The zero-order chi connectivity index (χ0) is 28.7. The minimum Gasteiger partial charge on any atom is -0.418 e. The number of nitrogen functional groups attached to an aromatic ring is 1. The molecule has 6 nitrogen and oxygen atoms in total. The summed E-state index contributed by atoms with van der Waals surface area (Å²) in [5, 5.41) is 9.89. The summed E-state index contributed by atoms with van der Waals surface area (Å²) in [7, 11) is 0.915. The highest BCUT2D eigenvalue weighted by Crippen LogP contribution is 2.16. The summed E-state index contributed by atoms with van der Waals surface area (Å²) < 4.78 is 78.0. The number of anilines is 1. The van der Waals surface area contributed by atoms with Gasteiger partial charge in [0.15, 0.2) is 0 Å². The fourth-order valence-corrected chi connectivity index (χ4v) is 2.70. The lowest BCUT2D eigenvalue weighted by Gasteiger charge is -2.15. The average Bonchev–Trinajstić information content (AvgIpc) is 2.63. The summed E-state index contributed by atoms with van der Waals surface area (Å²) in [5.41, 5.74) is 9.49. The number of quaternary nitrogens is 2. The standard InChI is InChI=1S/C10H23N3.C10H10N2O.2BF4/c1-11(2)7-10(8-12(3)4)9-13(5)6;11-9-2-1-8-3-7(6-13)5-12-10(8)4-9;2*2-1(3,4)5/h7H,8-9H2,1-6H3;1-5,13H,6,11H2;;/q;;2*-1/p+2. The molecule has 1 aromatic heterocycles. The third-order valence-electron chi connectivity index (χ3n) is 3.55. The Balaban J connectivity index is 0. The molecule has 36 heavy (non-hydrogen) atoms. The fourth-order valence-electron chi connectivity index (χ4n) is 2.70. The van der Waals surface area contributed by atoms with Gasteiger partial charge in [0.25, 0.3) is 0 Å². The number of nitrogens with one attached hydrogen (secondary N) is 2. The van der Waals surface area contributed by atoms with Crippen molar-refractivity contribution in [3.8, 4) is 0 Å². The summed E-state index contributed by atoms with van der Waals surface area (Å²) in [6, 6.07) is 7.44. The predicted molar refractivity (Wildman–Crippen MR) is 130 cm³/mol. The van der Waals surface area contributed by atoms with Crippen molar-refractivity contribution < 1.29 is 49.4 Å². The van der Waals surface area contributed by atoms with E-state index in [9.17, 15) is 34.5 Å². The first kappa shape index (κ1) is 35.6. The Bertz CT molecular complexity index is 874. The molecule has 0 saturated heterocycles. The van der Waals surface area contributed by atoms with Gasteiger partial charge in [-0.2, -0.15) is 0 Å².